The molecule has 0 saturated heterocycles. The molecule has 0 radical (unpaired) electrons. The Labute approximate surface area is 212 Å². The summed E-state index contributed by atoms with van der Waals surface area (Å²) in [6.45, 7) is 0.120. The van der Waals surface area contributed by atoms with Crippen molar-refractivity contribution >= 4 is 16.7 Å². The third-order valence-electron chi connectivity index (χ3n) is 6.40. The first kappa shape index (κ1) is 22.6. The third-order valence-corrected chi connectivity index (χ3v) is 6.40. The molecule has 8 heteroatoms. The lowest BCUT2D eigenvalue weighted by Gasteiger charge is -2.14. The molecule has 1 amide bonds. The zero-order valence-corrected chi connectivity index (χ0v) is 19.9. The molecule has 1 atom stereocenters. The summed E-state index contributed by atoms with van der Waals surface area (Å²) in [7, 11) is 0. The smallest absolute Gasteiger partial charge is 0.275 e. The molecule has 37 heavy (non-hydrogen) atoms. The van der Waals surface area contributed by atoms with Crippen LogP contribution >= 0.6 is 0 Å². The van der Waals surface area contributed by atoms with Crippen molar-refractivity contribution in [1.29, 1.82) is 0 Å². The highest BCUT2D eigenvalue weighted by Crippen LogP contribution is 2.37. The van der Waals surface area contributed by atoms with E-state index in [2.05, 4.69) is 20.4 Å². The summed E-state index contributed by atoms with van der Waals surface area (Å²) >= 11 is 0. The maximum atomic E-state index is 13.1. The number of rotatable bonds is 6. The predicted molar refractivity (Wildman–Crippen MR) is 140 cm³/mol. The van der Waals surface area contributed by atoms with Gasteiger partial charge in [0.2, 0.25) is 5.91 Å². The van der Waals surface area contributed by atoms with E-state index in [0.29, 0.717) is 24.0 Å². The van der Waals surface area contributed by atoms with Gasteiger partial charge in [0.25, 0.3) is 5.56 Å². The molecule has 3 heterocycles. The predicted octanol–water partition coefficient (Wildman–Crippen LogP) is 3.64. The van der Waals surface area contributed by atoms with Gasteiger partial charge >= 0.3 is 0 Å². The van der Waals surface area contributed by atoms with E-state index in [1.165, 1.54) is 4.68 Å². The summed E-state index contributed by atoms with van der Waals surface area (Å²) in [5.41, 5.74) is 3.91. The van der Waals surface area contributed by atoms with Gasteiger partial charge in [-0.25, -0.2) is 4.68 Å². The van der Waals surface area contributed by atoms with E-state index in [-0.39, 0.29) is 24.1 Å². The molecule has 182 valence electrons. The Morgan fingerprint density at radius 1 is 0.973 bits per heavy atom. The van der Waals surface area contributed by atoms with E-state index in [1.54, 1.807) is 24.7 Å². The SMILES string of the molecule is O=C(Cn1nc(-c2ccccc2)c2ccccc2c1=O)NCC1Cc2cccc(-c3cnccn3)c2O1. The van der Waals surface area contributed by atoms with Crippen LogP contribution in [0.2, 0.25) is 0 Å². The molecule has 0 bridgehead atoms. The average molecular weight is 490 g/mol. The van der Waals surface area contributed by atoms with Crippen molar-refractivity contribution in [2.45, 2.75) is 19.1 Å². The molecular formula is C29H23N5O3. The molecule has 8 nitrogen and oxygen atoms in total. The van der Waals surface area contributed by atoms with E-state index in [9.17, 15) is 9.59 Å². The van der Waals surface area contributed by atoms with Crippen LogP contribution in [0.5, 0.6) is 5.75 Å². The van der Waals surface area contributed by atoms with Crippen LogP contribution in [0.3, 0.4) is 0 Å². The van der Waals surface area contributed by atoms with Crippen molar-refractivity contribution in [3.63, 3.8) is 0 Å². The molecule has 1 unspecified atom stereocenters. The fourth-order valence-corrected chi connectivity index (χ4v) is 4.66. The van der Waals surface area contributed by atoms with Gasteiger partial charge in [-0.05, 0) is 17.7 Å². The fraction of sp³-hybridized carbons (Fsp3) is 0.138. The van der Waals surface area contributed by atoms with Crippen molar-refractivity contribution in [2.75, 3.05) is 6.54 Å². The van der Waals surface area contributed by atoms with Crippen molar-refractivity contribution in [3.8, 4) is 28.3 Å². The molecule has 0 saturated carbocycles. The van der Waals surface area contributed by atoms with Crippen LogP contribution in [0.4, 0.5) is 0 Å². The summed E-state index contributed by atoms with van der Waals surface area (Å²) in [6.07, 6.45) is 5.41. The van der Waals surface area contributed by atoms with Crippen LogP contribution in [0, 0.1) is 0 Å². The minimum Gasteiger partial charge on any atom is -0.487 e. The fourth-order valence-electron chi connectivity index (χ4n) is 4.66. The van der Waals surface area contributed by atoms with Crippen LogP contribution < -0.4 is 15.6 Å². The standard InChI is InChI=1S/C29H23N5O3/c35-26(32-16-21-15-20-9-6-12-24(28(20)37-21)25-17-30-13-14-31-25)18-34-29(36)23-11-5-4-10-22(23)27(33-34)19-7-2-1-3-8-19/h1-14,17,21H,15-16,18H2,(H,32,35). The summed E-state index contributed by atoms with van der Waals surface area (Å²) in [5, 5.41) is 8.76. The summed E-state index contributed by atoms with van der Waals surface area (Å²) < 4.78 is 7.42. The van der Waals surface area contributed by atoms with Gasteiger partial charge in [-0.2, -0.15) is 5.10 Å². The van der Waals surface area contributed by atoms with Gasteiger partial charge in [-0.3, -0.25) is 19.6 Å². The molecule has 0 fully saturated rings. The molecule has 0 aliphatic carbocycles. The summed E-state index contributed by atoms with van der Waals surface area (Å²) in [4.78, 5) is 34.5. The van der Waals surface area contributed by atoms with Gasteiger partial charge in [0, 0.05) is 35.3 Å². The van der Waals surface area contributed by atoms with Gasteiger partial charge in [-0.15, -0.1) is 0 Å². The summed E-state index contributed by atoms with van der Waals surface area (Å²) in [6, 6.07) is 22.9. The second kappa shape index (κ2) is 9.66. The Bertz CT molecular complexity index is 1650. The highest BCUT2D eigenvalue weighted by Gasteiger charge is 2.26. The van der Waals surface area contributed by atoms with Crippen molar-refractivity contribution in [1.82, 2.24) is 25.1 Å². The maximum absolute atomic E-state index is 13.1. The topological polar surface area (TPSA) is 99.0 Å². The number of aromatic nitrogens is 4. The maximum Gasteiger partial charge on any atom is 0.275 e. The van der Waals surface area contributed by atoms with Gasteiger partial charge < -0.3 is 10.1 Å². The quantitative estimate of drug-likeness (QED) is 0.391. The largest absolute Gasteiger partial charge is 0.487 e. The third kappa shape index (κ3) is 4.45. The lowest BCUT2D eigenvalue weighted by Crippen LogP contribution is -2.38. The van der Waals surface area contributed by atoms with Gasteiger partial charge in [0.1, 0.15) is 18.4 Å². The number of hydrogen-bond acceptors (Lipinski definition) is 6. The molecule has 2 aromatic heterocycles. The Hall–Kier alpha value is -4.85. The Balaban J connectivity index is 1.19. The first-order chi connectivity index (χ1) is 18.2. The monoisotopic (exact) mass is 489 g/mol. The van der Waals surface area contributed by atoms with Gasteiger partial charge in [0.05, 0.1) is 29.5 Å². The molecule has 1 aliphatic rings. The number of para-hydroxylation sites is 1. The molecule has 1 aliphatic heterocycles. The number of ether oxygens (including phenoxy) is 1. The van der Waals surface area contributed by atoms with Crippen LogP contribution in [-0.2, 0) is 17.8 Å². The van der Waals surface area contributed by atoms with Crippen molar-refractivity contribution in [2.24, 2.45) is 0 Å². The lowest BCUT2D eigenvalue weighted by molar-refractivity contribution is -0.122. The highest BCUT2D eigenvalue weighted by atomic mass is 16.5. The number of carbonyl (C=O) groups excluding carboxylic acids is 1. The van der Waals surface area contributed by atoms with E-state index < -0.39 is 0 Å². The van der Waals surface area contributed by atoms with Gasteiger partial charge in [-0.1, -0.05) is 60.7 Å². The lowest BCUT2D eigenvalue weighted by atomic mass is 10.0. The number of nitrogens with one attached hydrogen (secondary N) is 1. The molecule has 6 rings (SSSR count). The Morgan fingerprint density at radius 2 is 1.78 bits per heavy atom. The number of benzene rings is 3. The van der Waals surface area contributed by atoms with E-state index in [0.717, 1.165) is 33.5 Å². The van der Waals surface area contributed by atoms with E-state index >= 15 is 0 Å². The molecule has 1 N–H and O–H groups in total. The molecule has 3 aromatic carbocycles. The second-order valence-electron chi connectivity index (χ2n) is 8.86. The van der Waals surface area contributed by atoms with Crippen molar-refractivity contribution in [3.05, 3.63) is 107 Å². The Morgan fingerprint density at radius 3 is 2.59 bits per heavy atom. The number of carbonyl (C=O) groups is 1. The second-order valence-corrected chi connectivity index (χ2v) is 8.86. The number of hydrogen-bond donors (Lipinski definition) is 1. The average Bonchev–Trinajstić information content (AvgIpc) is 3.38. The number of fused-ring (bicyclic) bond motifs is 2. The van der Waals surface area contributed by atoms with Crippen LogP contribution in [-0.4, -0.2) is 38.3 Å². The van der Waals surface area contributed by atoms with E-state index in [1.807, 2.05) is 66.7 Å². The van der Waals surface area contributed by atoms with Crippen LogP contribution in [0.25, 0.3) is 33.3 Å². The van der Waals surface area contributed by atoms with Crippen LogP contribution in [0.15, 0.2) is 96.2 Å². The summed E-state index contributed by atoms with van der Waals surface area (Å²) in [5.74, 6) is 0.458. The van der Waals surface area contributed by atoms with E-state index in [4.69, 9.17) is 4.74 Å². The Kier molecular flexibility index (Phi) is 5.90. The molecular weight excluding hydrogens is 466 g/mol. The highest BCUT2D eigenvalue weighted by molar-refractivity contribution is 5.93. The van der Waals surface area contributed by atoms with Crippen molar-refractivity contribution < 1.29 is 9.53 Å². The minimum atomic E-state index is -0.308. The molecule has 5 aromatic rings. The van der Waals surface area contributed by atoms with Gasteiger partial charge in [0.15, 0.2) is 0 Å². The normalized spacial score (nSPS) is 14.2. The van der Waals surface area contributed by atoms with Crippen LogP contribution in [0.1, 0.15) is 5.56 Å². The first-order valence-electron chi connectivity index (χ1n) is 12.0. The minimum absolute atomic E-state index is 0.186. The number of amides is 1. The number of nitrogens with zero attached hydrogens (tertiary/aromatic N) is 4. The zero-order chi connectivity index (χ0) is 25.2. The first-order valence-corrected chi connectivity index (χ1v) is 12.0. The zero-order valence-electron chi connectivity index (χ0n) is 19.9. The molecule has 0 spiro atoms.